The molecule has 2 atom stereocenters. The molecule has 1 aromatic rings. The summed E-state index contributed by atoms with van der Waals surface area (Å²) >= 11 is 0. The molecular weight excluding hydrogens is 525 g/mol. The number of likely N-dealkylation sites (tertiary alicyclic amines) is 2. The summed E-state index contributed by atoms with van der Waals surface area (Å²) in [6.45, 7) is 3.29. The van der Waals surface area contributed by atoms with Crippen molar-refractivity contribution >= 4 is 19.1 Å². The van der Waals surface area contributed by atoms with Crippen molar-refractivity contribution in [3.63, 3.8) is 0 Å². The lowest BCUT2D eigenvalue weighted by atomic mass is 9.76. The predicted molar refractivity (Wildman–Crippen MR) is 143 cm³/mol. The van der Waals surface area contributed by atoms with E-state index in [0.717, 1.165) is 12.0 Å². The molecule has 13 heteroatoms. The number of nitrogens with zero attached hydrogens (tertiary/aromatic N) is 3. The zero-order chi connectivity index (χ0) is 29.5. The Kier molecular flexibility index (Phi) is 10.5. The van der Waals surface area contributed by atoms with Crippen LogP contribution in [0.4, 0.5) is 13.6 Å². The third-order valence-corrected chi connectivity index (χ3v) is 7.41. The molecule has 10 nitrogen and oxygen atoms in total. The molecule has 3 rings (SSSR count). The smallest absolute Gasteiger partial charge is 0.475 e. The van der Waals surface area contributed by atoms with Crippen LogP contribution < -0.4 is 10.1 Å². The van der Waals surface area contributed by atoms with Crippen LogP contribution in [0.15, 0.2) is 35.9 Å². The van der Waals surface area contributed by atoms with Gasteiger partial charge in [0.2, 0.25) is 0 Å². The number of nitrogens with one attached hydrogen (secondary N) is 1. The zero-order valence-electron chi connectivity index (χ0n) is 23.1. The van der Waals surface area contributed by atoms with Gasteiger partial charge in [-0.1, -0.05) is 12.1 Å². The number of carbonyl (C=O) groups excluding carboxylic acids is 2. The van der Waals surface area contributed by atoms with Crippen LogP contribution in [0.25, 0.3) is 0 Å². The number of amides is 2. The molecule has 2 aliphatic rings. The van der Waals surface area contributed by atoms with Crippen LogP contribution in [0.3, 0.4) is 0 Å². The van der Waals surface area contributed by atoms with E-state index in [2.05, 4.69) is 5.32 Å². The molecule has 0 unspecified atom stereocenters. The Morgan fingerprint density at radius 2 is 1.98 bits per heavy atom. The number of benzene rings is 1. The summed E-state index contributed by atoms with van der Waals surface area (Å²) in [5.74, 6) is -3.76. The number of alkyl halides is 2. The van der Waals surface area contributed by atoms with Gasteiger partial charge in [0.1, 0.15) is 24.0 Å². The van der Waals surface area contributed by atoms with E-state index in [1.807, 2.05) is 6.07 Å². The fourth-order valence-corrected chi connectivity index (χ4v) is 5.02. The van der Waals surface area contributed by atoms with Crippen LogP contribution in [-0.4, -0.2) is 95.8 Å². The summed E-state index contributed by atoms with van der Waals surface area (Å²) in [5, 5.41) is 31.8. The number of rotatable bonds is 10. The lowest BCUT2D eigenvalue weighted by Gasteiger charge is -2.36. The summed E-state index contributed by atoms with van der Waals surface area (Å²) in [7, 11) is -0.311. The highest BCUT2D eigenvalue weighted by Crippen LogP contribution is 2.33. The molecule has 2 amide bonds. The molecule has 0 saturated carbocycles. The maximum atomic E-state index is 13.8. The molecule has 0 aromatic heterocycles. The number of nitriles is 1. The first-order valence-electron chi connectivity index (χ1n) is 13.3. The fourth-order valence-electron chi connectivity index (χ4n) is 5.02. The van der Waals surface area contributed by atoms with Gasteiger partial charge < -0.3 is 29.7 Å². The van der Waals surface area contributed by atoms with E-state index in [9.17, 15) is 33.7 Å². The average molecular weight is 562 g/mol. The maximum Gasteiger partial charge on any atom is 0.475 e. The number of hydrogen-bond acceptors (Lipinski definition) is 8. The summed E-state index contributed by atoms with van der Waals surface area (Å²) in [6.07, 6.45) is 2.43. The summed E-state index contributed by atoms with van der Waals surface area (Å²) in [5.41, 5.74) is -0.356. The number of methoxy groups -OCH3 is 1. The molecule has 3 N–H and O–H groups in total. The number of carbonyl (C=O) groups is 2. The first-order valence-corrected chi connectivity index (χ1v) is 13.3. The maximum absolute atomic E-state index is 13.8. The zero-order valence-corrected chi connectivity index (χ0v) is 23.1. The Morgan fingerprint density at radius 1 is 1.27 bits per heavy atom. The van der Waals surface area contributed by atoms with Crippen LogP contribution in [0.5, 0.6) is 5.75 Å². The molecule has 2 heterocycles. The molecule has 0 aliphatic carbocycles. The number of hydrogen-bond donors (Lipinski definition) is 3. The monoisotopic (exact) mass is 562 g/mol. The Bertz CT molecular complexity index is 1110. The van der Waals surface area contributed by atoms with Crippen molar-refractivity contribution in [1.82, 2.24) is 15.1 Å². The minimum atomic E-state index is -2.81. The SMILES string of the molecule is COc1ccc(C[C@H](NC(=O)OC[C@H]2CCCCN2C(=O)C(C#N)=CC(C)(C)N2CCC(F)(F)C2)B(O)O)cc1. The van der Waals surface area contributed by atoms with Crippen molar-refractivity contribution in [2.24, 2.45) is 0 Å². The highest BCUT2D eigenvalue weighted by molar-refractivity contribution is 6.43. The van der Waals surface area contributed by atoms with Crippen LogP contribution in [-0.2, 0) is 16.0 Å². The van der Waals surface area contributed by atoms with E-state index in [-0.39, 0.29) is 31.6 Å². The van der Waals surface area contributed by atoms with Crippen molar-refractivity contribution in [1.29, 1.82) is 5.26 Å². The van der Waals surface area contributed by atoms with Crippen LogP contribution >= 0.6 is 0 Å². The number of halogens is 2. The minimum Gasteiger partial charge on any atom is -0.497 e. The van der Waals surface area contributed by atoms with E-state index in [4.69, 9.17) is 9.47 Å². The highest BCUT2D eigenvalue weighted by atomic mass is 19.3. The Labute approximate surface area is 233 Å². The lowest BCUT2D eigenvalue weighted by Crippen LogP contribution is -2.50. The van der Waals surface area contributed by atoms with Crippen LogP contribution in [0.2, 0.25) is 0 Å². The van der Waals surface area contributed by atoms with Crippen molar-refractivity contribution in [2.45, 2.75) is 69.4 Å². The molecule has 218 valence electrons. The average Bonchev–Trinajstić information content (AvgIpc) is 3.30. The van der Waals surface area contributed by atoms with Crippen molar-refractivity contribution in [3.05, 3.63) is 41.5 Å². The van der Waals surface area contributed by atoms with Gasteiger partial charge in [-0.15, -0.1) is 0 Å². The normalized spacial score (nSPS) is 20.4. The van der Waals surface area contributed by atoms with Gasteiger partial charge in [0.25, 0.3) is 11.8 Å². The number of ether oxygens (including phenoxy) is 2. The molecule has 2 aliphatic heterocycles. The third kappa shape index (κ3) is 8.40. The van der Waals surface area contributed by atoms with Crippen molar-refractivity contribution < 1.29 is 37.9 Å². The molecular formula is C27H37BF2N4O6. The van der Waals surface area contributed by atoms with Crippen molar-refractivity contribution in [3.8, 4) is 11.8 Å². The molecule has 0 spiro atoms. The number of piperidine rings is 1. The van der Waals surface area contributed by atoms with Gasteiger partial charge in [-0.2, -0.15) is 5.26 Å². The first-order chi connectivity index (χ1) is 18.8. The van der Waals surface area contributed by atoms with Gasteiger partial charge >= 0.3 is 13.2 Å². The number of alkyl carbamates (subject to hydrolysis) is 1. The van der Waals surface area contributed by atoms with Gasteiger partial charge in [0, 0.05) is 25.0 Å². The highest BCUT2D eigenvalue weighted by Gasteiger charge is 2.43. The molecule has 40 heavy (non-hydrogen) atoms. The standard InChI is InChI=1S/C27H37BF2N4O6/c1-26(2,33-13-11-27(29,30)18-33)15-20(16-31)24(35)34-12-5-4-6-21(34)17-40-25(36)32-23(28(37)38)14-19-7-9-22(39-3)10-8-19/h7-10,15,21,23,37-38H,4-6,11-14,17-18H2,1-3H3,(H,32,36)/t21-,23+/m1/s1. The van der Waals surface area contributed by atoms with Gasteiger partial charge in [-0.3, -0.25) is 9.69 Å². The van der Waals surface area contributed by atoms with E-state index in [0.29, 0.717) is 25.1 Å². The van der Waals surface area contributed by atoms with E-state index in [1.54, 1.807) is 43.0 Å². The molecule has 0 bridgehead atoms. The van der Waals surface area contributed by atoms with Gasteiger partial charge in [-0.05, 0) is 63.3 Å². The predicted octanol–water partition coefficient (Wildman–Crippen LogP) is 2.30. The van der Waals surface area contributed by atoms with Crippen molar-refractivity contribution in [2.75, 3.05) is 33.4 Å². The van der Waals surface area contributed by atoms with E-state index >= 15 is 0 Å². The Balaban J connectivity index is 1.62. The summed E-state index contributed by atoms with van der Waals surface area (Å²) < 4.78 is 38.0. The summed E-state index contributed by atoms with van der Waals surface area (Å²) in [6, 6.07) is 8.34. The van der Waals surface area contributed by atoms with Crippen LogP contribution in [0, 0.1) is 11.3 Å². The molecule has 2 saturated heterocycles. The van der Waals surface area contributed by atoms with E-state index < -0.39 is 49.1 Å². The second-order valence-electron chi connectivity index (χ2n) is 10.8. The molecule has 0 radical (unpaired) electrons. The van der Waals surface area contributed by atoms with Crippen LogP contribution in [0.1, 0.15) is 45.1 Å². The topological polar surface area (TPSA) is 135 Å². The summed E-state index contributed by atoms with van der Waals surface area (Å²) in [4.78, 5) is 28.9. The Hall–Kier alpha value is -3.21. The second-order valence-corrected chi connectivity index (χ2v) is 10.8. The largest absolute Gasteiger partial charge is 0.497 e. The van der Waals surface area contributed by atoms with E-state index in [1.165, 1.54) is 18.1 Å². The van der Waals surface area contributed by atoms with Gasteiger partial charge in [-0.25, -0.2) is 13.6 Å². The second kappa shape index (κ2) is 13.4. The first kappa shape index (κ1) is 31.3. The Morgan fingerprint density at radius 3 is 2.55 bits per heavy atom. The minimum absolute atomic E-state index is 0.125. The lowest BCUT2D eigenvalue weighted by molar-refractivity contribution is -0.131. The fraction of sp³-hybridized carbons (Fsp3) is 0.593. The quantitative estimate of drug-likeness (QED) is 0.225. The molecule has 1 aromatic carbocycles. The van der Waals surface area contributed by atoms with Gasteiger partial charge in [0.15, 0.2) is 0 Å². The third-order valence-electron chi connectivity index (χ3n) is 7.41. The van der Waals surface area contributed by atoms with Gasteiger partial charge in [0.05, 0.1) is 25.6 Å². The molecule has 2 fully saturated rings.